The molecule has 3 rings (SSSR count). The summed E-state index contributed by atoms with van der Waals surface area (Å²) in [5.74, 6) is -0.207. The Morgan fingerprint density at radius 3 is 2.12 bits per heavy atom. The Labute approximate surface area is 156 Å². The zero-order valence-electron chi connectivity index (χ0n) is 14.2. The van der Waals surface area contributed by atoms with Crippen LogP contribution in [0.2, 0.25) is 0 Å². The number of hydrazone groups is 1. The Morgan fingerprint density at radius 1 is 0.923 bits per heavy atom. The Hall–Kier alpha value is -3.05. The molecule has 0 fully saturated rings. The maximum absolute atomic E-state index is 11.9. The van der Waals surface area contributed by atoms with E-state index in [4.69, 9.17) is 0 Å². The van der Waals surface area contributed by atoms with Gasteiger partial charge in [0.2, 0.25) is 0 Å². The molecule has 0 unspecified atom stereocenters. The monoisotopic (exact) mass is 362 g/mol. The molecule has 26 heavy (non-hydrogen) atoms. The summed E-state index contributed by atoms with van der Waals surface area (Å²) in [5, 5.41) is 13.2. The molecule has 4 nitrogen and oxygen atoms in total. The first-order chi connectivity index (χ1) is 12.6. The quantitative estimate of drug-likeness (QED) is 0.514. The Bertz CT molecular complexity index is 902. The molecule has 1 amide bonds. The van der Waals surface area contributed by atoms with Gasteiger partial charge < -0.3 is 5.11 Å². The van der Waals surface area contributed by atoms with E-state index in [0.29, 0.717) is 5.56 Å². The normalized spacial score (nSPS) is 10.8. The summed E-state index contributed by atoms with van der Waals surface area (Å²) >= 11 is 1.70. The van der Waals surface area contributed by atoms with E-state index >= 15 is 0 Å². The molecule has 0 atom stereocenters. The highest BCUT2D eigenvalue weighted by Crippen LogP contribution is 2.27. The standard InChI is InChI=1S/C21H18N2O2S/c1-15-2-10-19(11-3-15)26-20-12-4-16(5-13-20)14-22-23-21(25)17-6-8-18(24)9-7-17/h2-14,24H,1H3,(H,23,25)/b22-14-. The lowest BCUT2D eigenvalue weighted by atomic mass is 10.2. The minimum atomic E-state index is -0.326. The van der Waals surface area contributed by atoms with Crippen molar-refractivity contribution in [3.63, 3.8) is 0 Å². The first kappa shape index (κ1) is 17.8. The highest BCUT2D eigenvalue weighted by atomic mass is 32.2. The molecule has 3 aromatic carbocycles. The molecule has 2 N–H and O–H groups in total. The van der Waals surface area contributed by atoms with E-state index in [1.165, 1.54) is 34.7 Å². The third-order valence-electron chi connectivity index (χ3n) is 3.65. The van der Waals surface area contributed by atoms with Gasteiger partial charge in [0.25, 0.3) is 5.91 Å². The fraction of sp³-hybridized carbons (Fsp3) is 0.0476. The van der Waals surface area contributed by atoms with Crippen LogP contribution in [0.1, 0.15) is 21.5 Å². The second-order valence-corrected chi connectivity index (χ2v) is 6.88. The van der Waals surface area contributed by atoms with Crippen LogP contribution in [0.15, 0.2) is 87.7 Å². The van der Waals surface area contributed by atoms with E-state index in [2.05, 4.69) is 41.7 Å². The van der Waals surface area contributed by atoms with Crippen LogP contribution >= 0.6 is 11.8 Å². The predicted octanol–water partition coefficient (Wildman–Crippen LogP) is 4.62. The van der Waals surface area contributed by atoms with E-state index in [9.17, 15) is 9.90 Å². The molecule has 5 heteroatoms. The molecule has 0 aliphatic carbocycles. The summed E-state index contributed by atoms with van der Waals surface area (Å²) in [7, 11) is 0. The molecule has 0 bridgehead atoms. The Balaban J connectivity index is 1.56. The highest BCUT2D eigenvalue weighted by Gasteiger charge is 2.03. The van der Waals surface area contributed by atoms with Crippen LogP contribution < -0.4 is 5.43 Å². The van der Waals surface area contributed by atoms with Gasteiger partial charge >= 0.3 is 0 Å². The molecule has 0 saturated heterocycles. The van der Waals surface area contributed by atoms with Crippen molar-refractivity contribution < 1.29 is 9.90 Å². The first-order valence-electron chi connectivity index (χ1n) is 8.07. The summed E-state index contributed by atoms with van der Waals surface area (Å²) in [6.45, 7) is 2.07. The Morgan fingerprint density at radius 2 is 1.50 bits per heavy atom. The number of amides is 1. The minimum absolute atomic E-state index is 0.119. The lowest BCUT2D eigenvalue weighted by molar-refractivity contribution is 0.0955. The van der Waals surface area contributed by atoms with Gasteiger partial charge in [-0.25, -0.2) is 5.43 Å². The summed E-state index contributed by atoms with van der Waals surface area (Å²) in [4.78, 5) is 14.2. The fourth-order valence-electron chi connectivity index (χ4n) is 2.21. The van der Waals surface area contributed by atoms with Crippen molar-refractivity contribution in [1.82, 2.24) is 5.43 Å². The summed E-state index contributed by atoms with van der Waals surface area (Å²) in [6.07, 6.45) is 1.60. The van der Waals surface area contributed by atoms with Gasteiger partial charge in [0.15, 0.2) is 0 Å². The maximum atomic E-state index is 11.9. The molecule has 0 spiro atoms. The van der Waals surface area contributed by atoms with Crippen LogP contribution in [0.4, 0.5) is 0 Å². The van der Waals surface area contributed by atoms with Crippen molar-refractivity contribution in [2.45, 2.75) is 16.7 Å². The molecule has 0 aliphatic heterocycles. The zero-order valence-corrected chi connectivity index (χ0v) is 15.0. The number of phenols is 1. The first-order valence-corrected chi connectivity index (χ1v) is 8.89. The molecule has 0 radical (unpaired) electrons. The number of aromatic hydroxyl groups is 1. The second-order valence-electron chi connectivity index (χ2n) is 5.73. The second kappa shape index (κ2) is 8.36. The number of aryl methyl sites for hydroxylation is 1. The molecular weight excluding hydrogens is 344 g/mol. The van der Waals surface area contributed by atoms with Gasteiger partial charge in [0.1, 0.15) is 5.75 Å². The van der Waals surface area contributed by atoms with E-state index < -0.39 is 0 Å². The van der Waals surface area contributed by atoms with Crippen molar-refractivity contribution in [3.8, 4) is 5.75 Å². The molecule has 0 heterocycles. The predicted molar refractivity (Wildman–Crippen MR) is 105 cm³/mol. The number of benzene rings is 3. The van der Waals surface area contributed by atoms with E-state index in [0.717, 1.165) is 10.5 Å². The summed E-state index contributed by atoms with van der Waals surface area (Å²) < 4.78 is 0. The molecular formula is C21H18N2O2S. The van der Waals surface area contributed by atoms with Crippen LogP contribution in [-0.4, -0.2) is 17.2 Å². The molecule has 3 aromatic rings. The van der Waals surface area contributed by atoms with Crippen molar-refractivity contribution >= 4 is 23.9 Å². The molecule has 0 aliphatic rings. The lowest BCUT2D eigenvalue weighted by Gasteiger charge is -2.03. The third-order valence-corrected chi connectivity index (χ3v) is 4.66. The largest absolute Gasteiger partial charge is 0.508 e. The van der Waals surface area contributed by atoms with Gasteiger partial charge in [-0.1, -0.05) is 41.6 Å². The maximum Gasteiger partial charge on any atom is 0.271 e. The molecule has 0 saturated carbocycles. The number of hydrogen-bond acceptors (Lipinski definition) is 4. The van der Waals surface area contributed by atoms with Crippen LogP contribution in [0.25, 0.3) is 0 Å². The number of nitrogens with zero attached hydrogens (tertiary/aromatic N) is 1. The third kappa shape index (κ3) is 4.97. The fourth-order valence-corrected chi connectivity index (χ4v) is 3.02. The summed E-state index contributed by atoms with van der Waals surface area (Å²) in [6, 6.07) is 22.4. The van der Waals surface area contributed by atoms with Gasteiger partial charge in [-0.2, -0.15) is 5.10 Å². The van der Waals surface area contributed by atoms with E-state index in [1.807, 2.05) is 24.3 Å². The van der Waals surface area contributed by atoms with Gasteiger partial charge in [-0.3, -0.25) is 4.79 Å². The molecule has 0 aromatic heterocycles. The van der Waals surface area contributed by atoms with E-state index in [1.54, 1.807) is 18.0 Å². The Kier molecular flexibility index (Phi) is 5.71. The smallest absolute Gasteiger partial charge is 0.271 e. The zero-order chi connectivity index (χ0) is 18.4. The van der Waals surface area contributed by atoms with Crippen LogP contribution in [0.5, 0.6) is 5.75 Å². The SMILES string of the molecule is Cc1ccc(Sc2ccc(/C=N\NC(=O)c3ccc(O)cc3)cc2)cc1. The number of phenolic OH excluding ortho intramolecular Hbond substituents is 1. The van der Waals surface area contributed by atoms with Crippen molar-refractivity contribution in [2.24, 2.45) is 5.10 Å². The van der Waals surface area contributed by atoms with Crippen molar-refractivity contribution in [2.75, 3.05) is 0 Å². The lowest BCUT2D eigenvalue weighted by Crippen LogP contribution is -2.17. The van der Waals surface area contributed by atoms with Crippen molar-refractivity contribution in [1.29, 1.82) is 0 Å². The van der Waals surface area contributed by atoms with Gasteiger partial charge in [-0.05, 0) is 61.0 Å². The number of nitrogens with one attached hydrogen (secondary N) is 1. The van der Waals surface area contributed by atoms with Crippen molar-refractivity contribution in [3.05, 3.63) is 89.5 Å². The van der Waals surface area contributed by atoms with Crippen LogP contribution in [0, 0.1) is 6.92 Å². The van der Waals surface area contributed by atoms with Crippen LogP contribution in [0.3, 0.4) is 0 Å². The van der Waals surface area contributed by atoms with E-state index in [-0.39, 0.29) is 11.7 Å². The van der Waals surface area contributed by atoms with Gasteiger partial charge in [-0.15, -0.1) is 0 Å². The van der Waals surface area contributed by atoms with Gasteiger partial charge in [0.05, 0.1) is 6.21 Å². The topological polar surface area (TPSA) is 61.7 Å². The molecule has 130 valence electrons. The number of rotatable bonds is 5. The average Bonchev–Trinajstić information content (AvgIpc) is 2.65. The highest BCUT2D eigenvalue weighted by molar-refractivity contribution is 7.99. The number of carbonyl (C=O) groups is 1. The minimum Gasteiger partial charge on any atom is -0.508 e. The van der Waals surface area contributed by atoms with Gasteiger partial charge in [0, 0.05) is 15.4 Å². The number of hydrogen-bond donors (Lipinski definition) is 2. The number of carbonyl (C=O) groups excluding carboxylic acids is 1. The summed E-state index contributed by atoms with van der Waals surface area (Å²) in [5.41, 5.74) is 5.04. The average molecular weight is 362 g/mol. The van der Waals surface area contributed by atoms with Crippen LogP contribution in [-0.2, 0) is 0 Å².